The number of hydrazine groups is 1. The van der Waals surface area contributed by atoms with Gasteiger partial charge in [0.25, 0.3) is 0 Å². The van der Waals surface area contributed by atoms with E-state index in [1.165, 1.54) is 5.56 Å². The Kier molecular flexibility index (Phi) is 3.11. The van der Waals surface area contributed by atoms with Crippen LogP contribution in [-0.2, 0) is 0 Å². The quantitative estimate of drug-likeness (QED) is 0.690. The van der Waals surface area contributed by atoms with Gasteiger partial charge in [0.2, 0.25) is 0 Å². The van der Waals surface area contributed by atoms with Crippen LogP contribution in [0.1, 0.15) is 24.9 Å². The Hall–Kier alpha value is -1.30. The van der Waals surface area contributed by atoms with E-state index in [2.05, 4.69) is 29.9 Å². The van der Waals surface area contributed by atoms with Crippen LogP contribution >= 0.6 is 0 Å². The Labute approximate surface area is 107 Å². The standard InChI is InChI=1S/C13H19N3O2/c1-8-12(15-16-13(8)14)9-3-4-10-11(7-9)18-6-2-5-17-10/h3-4,7-8,12-13,15-16H,2,5-6,14H2,1H3. The van der Waals surface area contributed by atoms with Crippen molar-refractivity contribution in [2.45, 2.75) is 25.6 Å². The summed E-state index contributed by atoms with van der Waals surface area (Å²) in [5.41, 5.74) is 13.4. The number of nitrogens with two attached hydrogens (primary N) is 1. The molecule has 2 aliphatic rings. The van der Waals surface area contributed by atoms with Gasteiger partial charge in [0.15, 0.2) is 11.5 Å². The average Bonchev–Trinajstić information content (AvgIpc) is 2.61. The monoisotopic (exact) mass is 249 g/mol. The van der Waals surface area contributed by atoms with E-state index >= 15 is 0 Å². The molecular formula is C13H19N3O2. The van der Waals surface area contributed by atoms with Gasteiger partial charge in [-0.1, -0.05) is 13.0 Å². The molecule has 18 heavy (non-hydrogen) atoms. The number of nitrogens with one attached hydrogen (secondary N) is 2. The summed E-state index contributed by atoms with van der Waals surface area (Å²) in [5.74, 6) is 1.99. The van der Waals surface area contributed by atoms with Gasteiger partial charge in [-0.2, -0.15) is 0 Å². The third kappa shape index (κ3) is 2.05. The molecule has 0 amide bonds. The molecule has 3 atom stereocenters. The third-order valence-electron chi connectivity index (χ3n) is 3.63. The molecule has 0 saturated carbocycles. The van der Waals surface area contributed by atoms with Crippen molar-refractivity contribution in [3.05, 3.63) is 23.8 Å². The number of rotatable bonds is 1. The van der Waals surface area contributed by atoms with E-state index in [1.807, 2.05) is 6.07 Å². The maximum absolute atomic E-state index is 5.94. The SMILES string of the molecule is CC1C(N)NNC1c1ccc2c(c1)OCCCO2. The highest BCUT2D eigenvalue weighted by Crippen LogP contribution is 2.35. The number of benzene rings is 1. The largest absolute Gasteiger partial charge is 0.490 e. The van der Waals surface area contributed by atoms with Crippen molar-refractivity contribution in [2.75, 3.05) is 13.2 Å². The smallest absolute Gasteiger partial charge is 0.161 e. The molecule has 5 nitrogen and oxygen atoms in total. The molecule has 0 bridgehead atoms. The predicted octanol–water partition coefficient (Wildman–Crippen LogP) is 0.918. The minimum Gasteiger partial charge on any atom is -0.490 e. The van der Waals surface area contributed by atoms with E-state index in [4.69, 9.17) is 15.2 Å². The number of hydrogen-bond donors (Lipinski definition) is 3. The van der Waals surface area contributed by atoms with Crippen molar-refractivity contribution in [3.8, 4) is 11.5 Å². The van der Waals surface area contributed by atoms with Crippen molar-refractivity contribution in [1.82, 2.24) is 10.9 Å². The fourth-order valence-corrected chi connectivity index (χ4v) is 2.42. The third-order valence-corrected chi connectivity index (χ3v) is 3.63. The molecule has 1 fully saturated rings. The van der Waals surface area contributed by atoms with Crippen LogP contribution in [0.5, 0.6) is 11.5 Å². The topological polar surface area (TPSA) is 68.5 Å². The van der Waals surface area contributed by atoms with Crippen molar-refractivity contribution < 1.29 is 9.47 Å². The summed E-state index contributed by atoms with van der Waals surface area (Å²) < 4.78 is 11.3. The van der Waals surface area contributed by atoms with Crippen LogP contribution in [-0.4, -0.2) is 19.4 Å². The molecule has 0 spiro atoms. The first-order valence-corrected chi connectivity index (χ1v) is 6.42. The average molecular weight is 249 g/mol. The molecule has 2 aliphatic heterocycles. The molecule has 0 aromatic heterocycles. The highest BCUT2D eigenvalue weighted by molar-refractivity contribution is 5.44. The van der Waals surface area contributed by atoms with Gasteiger partial charge in [0.05, 0.1) is 25.4 Å². The second-order valence-electron chi connectivity index (χ2n) is 4.91. The van der Waals surface area contributed by atoms with Gasteiger partial charge in [-0.05, 0) is 17.7 Å². The second-order valence-corrected chi connectivity index (χ2v) is 4.91. The van der Waals surface area contributed by atoms with Gasteiger partial charge >= 0.3 is 0 Å². The first-order valence-electron chi connectivity index (χ1n) is 6.42. The van der Waals surface area contributed by atoms with E-state index in [0.29, 0.717) is 12.5 Å². The lowest BCUT2D eigenvalue weighted by molar-refractivity contribution is 0.297. The van der Waals surface area contributed by atoms with Crippen molar-refractivity contribution >= 4 is 0 Å². The molecular weight excluding hydrogens is 230 g/mol. The predicted molar refractivity (Wildman–Crippen MR) is 68.2 cm³/mol. The van der Waals surface area contributed by atoms with Gasteiger partial charge < -0.3 is 15.2 Å². The molecule has 2 heterocycles. The Morgan fingerprint density at radius 2 is 1.94 bits per heavy atom. The lowest BCUT2D eigenvalue weighted by Crippen LogP contribution is -2.38. The van der Waals surface area contributed by atoms with Crippen LogP contribution < -0.4 is 26.1 Å². The molecule has 0 radical (unpaired) electrons. The van der Waals surface area contributed by atoms with Gasteiger partial charge in [0, 0.05) is 12.3 Å². The van der Waals surface area contributed by atoms with Crippen LogP contribution in [0.3, 0.4) is 0 Å². The van der Waals surface area contributed by atoms with Gasteiger partial charge in [-0.3, -0.25) is 0 Å². The maximum atomic E-state index is 5.94. The van der Waals surface area contributed by atoms with Gasteiger partial charge in [0.1, 0.15) is 0 Å². The normalized spacial score (nSPS) is 31.1. The first-order chi connectivity index (χ1) is 8.75. The summed E-state index contributed by atoms with van der Waals surface area (Å²) in [6.07, 6.45) is 0.903. The Bertz CT molecular complexity index is 438. The van der Waals surface area contributed by atoms with Crippen LogP contribution in [0.15, 0.2) is 18.2 Å². The number of hydrogen-bond acceptors (Lipinski definition) is 5. The van der Waals surface area contributed by atoms with E-state index in [0.717, 1.165) is 24.5 Å². The molecule has 3 rings (SSSR count). The van der Waals surface area contributed by atoms with Gasteiger partial charge in [-0.15, -0.1) is 0 Å². The van der Waals surface area contributed by atoms with Crippen LogP contribution in [0.4, 0.5) is 0 Å². The van der Waals surface area contributed by atoms with E-state index < -0.39 is 0 Å². The molecule has 0 aliphatic carbocycles. The van der Waals surface area contributed by atoms with Crippen LogP contribution in [0.25, 0.3) is 0 Å². The van der Waals surface area contributed by atoms with Crippen molar-refractivity contribution in [3.63, 3.8) is 0 Å². The Balaban J connectivity index is 1.87. The molecule has 5 heteroatoms. The Morgan fingerprint density at radius 1 is 1.17 bits per heavy atom. The molecule has 1 saturated heterocycles. The van der Waals surface area contributed by atoms with Gasteiger partial charge in [-0.25, -0.2) is 10.9 Å². The zero-order valence-corrected chi connectivity index (χ0v) is 10.5. The van der Waals surface area contributed by atoms with E-state index in [1.54, 1.807) is 0 Å². The fourth-order valence-electron chi connectivity index (χ4n) is 2.42. The molecule has 1 aromatic carbocycles. The summed E-state index contributed by atoms with van der Waals surface area (Å²) in [6.45, 7) is 3.56. The van der Waals surface area contributed by atoms with E-state index in [-0.39, 0.29) is 12.2 Å². The summed E-state index contributed by atoms with van der Waals surface area (Å²) in [5, 5.41) is 0. The minimum atomic E-state index is -0.0222. The van der Waals surface area contributed by atoms with Crippen molar-refractivity contribution in [1.29, 1.82) is 0 Å². The highest BCUT2D eigenvalue weighted by Gasteiger charge is 2.31. The molecule has 1 aromatic rings. The highest BCUT2D eigenvalue weighted by atomic mass is 16.5. The number of fused-ring (bicyclic) bond motifs is 1. The zero-order chi connectivity index (χ0) is 12.5. The molecule has 4 N–H and O–H groups in total. The summed E-state index contributed by atoms with van der Waals surface area (Å²) >= 11 is 0. The van der Waals surface area contributed by atoms with Crippen LogP contribution in [0.2, 0.25) is 0 Å². The zero-order valence-electron chi connectivity index (χ0n) is 10.5. The summed E-state index contributed by atoms with van der Waals surface area (Å²) in [4.78, 5) is 0. The molecule has 3 unspecified atom stereocenters. The van der Waals surface area contributed by atoms with Crippen LogP contribution in [0, 0.1) is 5.92 Å². The first kappa shape index (κ1) is 11.8. The van der Waals surface area contributed by atoms with Crippen molar-refractivity contribution in [2.24, 2.45) is 11.7 Å². The summed E-state index contributed by atoms with van der Waals surface area (Å²) in [7, 11) is 0. The van der Waals surface area contributed by atoms with E-state index in [9.17, 15) is 0 Å². The minimum absolute atomic E-state index is 0.0222. The second kappa shape index (κ2) is 4.76. The lowest BCUT2D eigenvalue weighted by Gasteiger charge is -2.18. The lowest BCUT2D eigenvalue weighted by atomic mass is 9.94. The molecule has 98 valence electrons. The fraction of sp³-hybridized carbons (Fsp3) is 0.538. The maximum Gasteiger partial charge on any atom is 0.161 e. The number of ether oxygens (including phenoxy) is 2. The summed E-state index contributed by atoms with van der Waals surface area (Å²) in [6, 6.07) is 6.31. The Morgan fingerprint density at radius 3 is 2.67 bits per heavy atom.